The molecule has 0 saturated heterocycles. The molecule has 15 heteroatoms. The van der Waals surface area contributed by atoms with Gasteiger partial charge >= 0.3 is 5.97 Å². The molecule has 1 aromatic heterocycles. The monoisotopic (exact) mass is 511 g/mol. The number of nitrogens with zero attached hydrogens (tertiary/aromatic N) is 2. The van der Waals surface area contributed by atoms with E-state index in [4.69, 9.17) is 22.3 Å². The number of aromatic nitrogens is 2. The number of rotatable bonds is 16. The maximum absolute atomic E-state index is 13.1. The van der Waals surface area contributed by atoms with E-state index in [9.17, 15) is 24.3 Å². The summed E-state index contributed by atoms with van der Waals surface area (Å²) in [5.74, 6) is -3.62. The predicted octanol–water partition coefficient (Wildman–Crippen LogP) is -3.09. The van der Waals surface area contributed by atoms with Gasteiger partial charge in [0.1, 0.15) is 18.1 Å². The number of aliphatic hydroxyl groups is 1. The van der Waals surface area contributed by atoms with Gasteiger partial charge in [-0.1, -0.05) is 13.8 Å². The fourth-order valence-corrected chi connectivity index (χ4v) is 3.21. The van der Waals surface area contributed by atoms with Crippen molar-refractivity contribution in [2.24, 2.45) is 28.1 Å². The first-order valence-electron chi connectivity index (χ1n) is 11.5. The van der Waals surface area contributed by atoms with Crippen molar-refractivity contribution in [2.75, 3.05) is 13.2 Å². The number of amides is 3. The number of aliphatic carboxylic acids is 1. The lowest BCUT2D eigenvalue weighted by Crippen LogP contribution is -2.57. The molecule has 1 rings (SSSR count). The molecule has 0 aliphatic carbocycles. The van der Waals surface area contributed by atoms with Crippen LogP contribution in [0.2, 0.25) is 0 Å². The molecule has 0 fully saturated rings. The van der Waals surface area contributed by atoms with Gasteiger partial charge in [0.05, 0.1) is 19.0 Å². The quantitative estimate of drug-likeness (QED) is 0.0613. The molecule has 202 valence electrons. The highest BCUT2D eigenvalue weighted by molar-refractivity contribution is 5.94. The van der Waals surface area contributed by atoms with E-state index in [1.54, 1.807) is 0 Å². The molecular formula is C21H37N9O6. The van der Waals surface area contributed by atoms with Gasteiger partial charge in [0.2, 0.25) is 17.7 Å². The molecule has 15 nitrogen and oxygen atoms in total. The molecule has 0 bridgehead atoms. The zero-order chi connectivity index (χ0) is 27.3. The lowest BCUT2D eigenvalue weighted by molar-refractivity contribution is -0.143. The second-order valence-corrected chi connectivity index (χ2v) is 8.67. The van der Waals surface area contributed by atoms with Crippen LogP contribution in [0.15, 0.2) is 17.5 Å². The lowest BCUT2D eigenvalue weighted by atomic mass is 10.0. The van der Waals surface area contributed by atoms with Crippen LogP contribution in [0.4, 0.5) is 0 Å². The van der Waals surface area contributed by atoms with E-state index in [1.165, 1.54) is 12.5 Å². The molecule has 1 aromatic rings. The highest BCUT2D eigenvalue weighted by Crippen LogP contribution is 2.08. The van der Waals surface area contributed by atoms with E-state index in [1.807, 2.05) is 13.8 Å². The molecule has 1 heterocycles. The number of aliphatic imine (C=N–C) groups is 1. The van der Waals surface area contributed by atoms with Crippen molar-refractivity contribution in [3.8, 4) is 0 Å². The van der Waals surface area contributed by atoms with Gasteiger partial charge in [-0.2, -0.15) is 0 Å². The third-order valence-corrected chi connectivity index (χ3v) is 5.05. The number of carboxylic acid groups (broad SMARTS) is 1. The molecule has 36 heavy (non-hydrogen) atoms. The third kappa shape index (κ3) is 11.1. The molecule has 12 N–H and O–H groups in total. The molecule has 0 aromatic carbocycles. The average Bonchev–Trinajstić information content (AvgIpc) is 3.30. The summed E-state index contributed by atoms with van der Waals surface area (Å²) in [6, 6.07) is -4.69. The smallest absolute Gasteiger partial charge is 0.328 e. The lowest BCUT2D eigenvalue weighted by Gasteiger charge is -2.25. The Morgan fingerprint density at radius 1 is 1.06 bits per heavy atom. The van der Waals surface area contributed by atoms with Crippen LogP contribution in [-0.4, -0.2) is 87.2 Å². The molecule has 0 spiro atoms. The molecule has 0 aliphatic heterocycles. The second kappa shape index (κ2) is 15.3. The second-order valence-electron chi connectivity index (χ2n) is 8.67. The van der Waals surface area contributed by atoms with Gasteiger partial charge in [-0.25, -0.2) is 9.78 Å². The summed E-state index contributed by atoms with van der Waals surface area (Å²) in [6.45, 7) is 3.02. The van der Waals surface area contributed by atoms with Gasteiger partial charge in [0.15, 0.2) is 5.96 Å². The van der Waals surface area contributed by atoms with Crippen molar-refractivity contribution in [1.82, 2.24) is 25.9 Å². The van der Waals surface area contributed by atoms with E-state index in [2.05, 4.69) is 30.9 Å². The number of nitrogens with one attached hydrogen (secondary N) is 4. The van der Waals surface area contributed by atoms with E-state index < -0.39 is 54.5 Å². The van der Waals surface area contributed by atoms with Crippen molar-refractivity contribution in [1.29, 1.82) is 0 Å². The van der Waals surface area contributed by atoms with Crippen molar-refractivity contribution < 1.29 is 29.4 Å². The Hall–Kier alpha value is -3.72. The third-order valence-electron chi connectivity index (χ3n) is 5.05. The zero-order valence-corrected chi connectivity index (χ0v) is 20.4. The number of hydrogen-bond donors (Lipinski definition) is 9. The fraction of sp³-hybridized carbons (Fsp3) is 0.619. The van der Waals surface area contributed by atoms with E-state index >= 15 is 0 Å². The average molecular weight is 512 g/mol. The topological polar surface area (TPSA) is 264 Å². The molecule has 0 aliphatic rings. The molecule has 3 amide bonds. The first-order valence-corrected chi connectivity index (χ1v) is 11.5. The molecule has 0 saturated carbocycles. The van der Waals surface area contributed by atoms with Gasteiger partial charge in [-0.15, -0.1) is 0 Å². The van der Waals surface area contributed by atoms with Gasteiger partial charge in [0.25, 0.3) is 0 Å². The minimum atomic E-state index is -1.53. The van der Waals surface area contributed by atoms with Gasteiger partial charge in [0, 0.05) is 24.9 Å². The van der Waals surface area contributed by atoms with E-state index in [0.29, 0.717) is 12.1 Å². The molecular weight excluding hydrogens is 474 g/mol. The highest BCUT2D eigenvalue weighted by Gasteiger charge is 2.30. The minimum absolute atomic E-state index is 0.0452. The first-order chi connectivity index (χ1) is 16.9. The Labute approximate surface area is 208 Å². The number of H-pyrrole nitrogens is 1. The Bertz CT molecular complexity index is 886. The van der Waals surface area contributed by atoms with Crippen molar-refractivity contribution in [3.05, 3.63) is 18.2 Å². The molecule has 4 unspecified atom stereocenters. The van der Waals surface area contributed by atoms with Crippen LogP contribution in [0.3, 0.4) is 0 Å². The summed E-state index contributed by atoms with van der Waals surface area (Å²) < 4.78 is 0. The summed E-state index contributed by atoms with van der Waals surface area (Å²) in [5, 5.41) is 25.7. The van der Waals surface area contributed by atoms with Crippen molar-refractivity contribution >= 4 is 29.7 Å². The fourth-order valence-electron chi connectivity index (χ4n) is 3.21. The Morgan fingerprint density at radius 3 is 2.19 bits per heavy atom. The number of aliphatic hydroxyl groups excluding tert-OH is 1. The van der Waals surface area contributed by atoms with Gasteiger partial charge in [-0.05, 0) is 25.2 Å². The van der Waals surface area contributed by atoms with Crippen LogP contribution in [0.1, 0.15) is 38.8 Å². The van der Waals surface area contributed by atoms with Crippen molar-refractivity contribution in [3.63, 3.8) is 0 Å². The predicted molar refractivity (Wildman–Crippen MR) is 130 cm³/mol. The Kier molecular flexibility index (Phi) is 12.9. The number of guanidine groups is 1. The number of carbonyl (C=O) groups is 4. The van der Waals surface area contributed by atoms with Crippen molar-refractivity contribution in [2.45, 2.75) is 63.7 Å². The van der Waals surface area contributed by atoms with E-state index in [0.717, 1.165) is 0 Å². The zero-order valence-electron chi connectivity index (χ0n) is 20.4. The normalized spacial score (nSPS) is 14.2. The maximum atomic E-state index is 13.1. The van der Waals surface area contributed by atoms with Crippen LogP contribution < -0.4 is 33.2 Å². The maximum Gasteiger partial charge on any atom is 0.328 e. The van der Waals surface area contributed by atoms with Gasteiger partial charge in [-0.3, -0.25) is 19.4 Å². The summed E-state index contributed by atoms with van der Waals surface area (Å²) in [5.41, 5.74) is 17.3. The SMILES string of the molecule is CC(C)CC(NC(=O)C(CCCN=C(N)N)NC(=O)C(N)Cc1cnc[nH]1)C(=O)NC(CO)C(=O)O. The number of carbonyl (C=O) groups excluding carboxylic acids is 3. The number of carboxylic acids is 1. The number of nitrogens with two attached hydrogens (primary N) is 3. The molecule has 0 radical (unpaired) electrons. The summed E-state index contributed by atoms with van der Waals surface area (Å²) in [4.78, 5) is 60.2. The highest BCUT2D eigenvalue weighted by atomic mass is 16.4. The first kappa shape index (κ1) is 30.3. The summed E-state index contributed by atoms with van der Waals surface area (Å²) >= 11 is 0. The van der Waals surface area contributed by atoms with Crippen LogP contribution in [0.25, 0.3) is 0 Å². The van der Waals surface area contributed by atoms with Crippen LogP contribution in [0.5, 0.6) is 0 Å². The number of aromatic amines is 1. The largest absolute Gasteiger partial charge is 0.480 e. The van der Waals surface area contributed by atoms with Gasteiger partial charge < -0.3 is 48.3 Å². The standard InChI is InChI=1S/C21H37N9O6/c1-11(2)6-15(19(34)30-16(9-31)20(35)36)29-18(33)14(4-3-5-26-21(23)24)28-17(32)13(22)7-12-8-25-10-27-12/h8,10-11,13-16,31H,3-7,9,22H2,1-2H3,(H,25,27)(H,28,32)(H,29,33)(H,30,34)(H,35,36)(H4,23,24,26). The Morgan fingerprint density at radius 2 is 1.67 bits per heavy atom. The summed E-state index contributed by atoms with van der Waals surface area (Å²) in [7, 11) is 0. The van der Waals surface area contributed by atoms with E-state index in [-0.39, 0.29) is 37.7 Å². The van der Waals surface area contributed by atoms with Crippen LogP contribution in [-0.2, 0) is 25.6 Å². The molecule has 4 atom stereocenters. The Balaban J connectivity index is 2.97. The van der Waals surface area contributed by atoms with Crippen LogP contribution in [0, 0.1) is 5.92 Å². The van der Waals surface area contributed by atoms with Crippen LogP contribution >= 0.6 is 0 Å². The number of hydrogen-bond acceptors (Lipinski definition) is 8. The summed E-state index contributed by atoms with van der Waals surface area (Å²) in [6.07, 6.45) is 3.78. The number of imidazole rings is 1. The minimum Gasteiger partial charge on any atom is -0.480 e.